The Morgan fingerprint density at radius 3 is 2.27 bits per heavy atom. The Morgan fingerprint density at radius 2 is 1.67 bits per heavy atom. The first kappa shape index (κ1) is 8.56. The number of hydrogen-bond donors (Lipinski definition) is 1. The summed E-state index contributed by atoms with van der Waals surface area (Å²) in [6.07, 6.45) is 5.21. The fraction of sp³-hybridized carbons (Fsp3) is 0.167. The molecule has 1 aromatic carbocycles. The van der Waals surface area contributed by atoms with Gasteiger partial charge in [0.2, 0.25) is 0 Å². The van der Waals surface area contributed by atoms with Crippen molar-refractivity contribution in [3.05, 3.63) is 48.5 Å². The van der Waals surface area contributed by atoms with Crippen molar-refractivity contribution >= 4 is 0 Å². The molecule has 3 heteroatoms. The molecule has 0 unspecified atom stereocenters. The lowest BCUT2D eigenvalue weighted by atomic mass is 10.1. The van der Waals surface area contributed by atoms with Gasteiger partial charge in [0.25, 0.3) is 0 Å². The maximum absolute atomic E-state index is 4.01. The van der Waals surface area contributed by atoms with E-state index in [1.807, 2.05) is 12.4 Å². The van der Waals surface area contributed by atoms with E-state index in [2.05, 4.69) is 39.6 Å². The molecule has 0 radical (unpaired) electrons. The van der Waals surface area contributed by atoms with E-state index in [0.29, 0.717) is 6.04 Å². The molecule has 0 spiro atoms. The van der Waals surface area contributed by atoms with Gasteiger partial charge in [-0.2, -0.15) is 0 Å². The Balaban J connectivity index is 1.93. The van der Waals surface area contributed by atoms with Gasteiger partial charge in [-0.25, -0.2) is 9.97 Å². The third-order valence-electron chi connectivity index (χ3n) is 2.62. The number of nitrogens with one attached hydrogen (secondary N) is 1. The molecule has 1 aliphatic heterocycles. The molecule has 3 rings (SSSR count). The van der Waals surface area contributed by atoms with Crippen LogP contribution in [0.25, 0.3) is 11.1 Å². The van der Waals surface area contributed by atoms with Gasteiger partial charge >= 0.3 is 0 Å². The SMILES string of the molecule is c1ncc(-c2ccc([C@H]3CN3)cc2)cn1. The minimum Gasteiger partial charge on any atom is -0.307 e. The highest BCUT2D eigenvalue weighted by Gasteiger charge is 2.21. The Bertz CT molecular complexity index is 446. The number of hydrogen-bond acceptors (Lipinski definition) is 3. The van der Waals surface area contributed by atoms with Crippen LogP contribution in [0.3, 0.4) is 0 Å². The lowest BCUT2D eigenvalue weighted by Gasteiger charge is -2.01. The van der Waals surface area contributed by atoms with Crippen molar-refractivity contribution in [3.63, 3.8) is 0 Å². The molecule has 0 amide bonds. The van der Waals surface area contributed by atoms with Crippen molar-refractivity contribution in [2.24, 2.45) is 0 Å². The molecule has 0 aliphatic carbocycles. The molecule has 1 fully saturated rings. The maximum atomic E-state index is 4.01. The van der Waals surface area contributed by atoms with Gasteiger partial charge in [-0.1, -0.05) is 24.3 Å². The van der Waals surface area contributed by atoms with Crippen LogP contribution in [0.2, 0.25) is 0 Å². The fourth-order valence-electron chi connectivity index (χ4n) is 1.65. The van der Waals surface area contributed by atoms with E-state index in [-0.39, 0.29) is 0 Å². The summed E-state index contributed by atoms with van der Waals surface area (Å²) < 4.78 is 0. The Hall–Kier alpha value is -1.74. The molecular weight excluding hydrogens is 186 g/mol. The molecule has 1 N–H and O–H groups in total. The largest absolute Gasteiger partial charge is 0.307 e. The number of benzene rings is 1. The smallest absolute Gasteiger partial charge is 0.115 e. The first-order valence-corrected chi connectivity index (χ1v) is 5.02. The average Bonchev–Trinajstić information content (AvgIpc) is 3.15. The lowest BCUT2D eigenvalue weighted by molar-refractivity contribution is 1.08. The molecular formula is C12H11N3. The highest BCUT2D eigenvalue weighted by atomic mass is 15.1. The molecule has 2 heterocycles. The normalized spacial score (nSPS) is 18.8. The zero-order valence-corrected chi connectivity index (χ0v) is 8.22. The van der Waals surface area contributed by atoms with Crippen LogP contribution in [0.15, 0.2) is 43.0 Å². The van der Waals surface area contributed by atoms with Crippen LogP contribution >= 0.6 is 0 Å². The van der Waals surface area contributed by atoms with Gasteiger partial charge in [-0.05, 0) is 11.1 Å². The molecule has 1 aromatic heterocycles. The van der Waals surface area contributed by atoms with Crippen molar-refractivity contribution in [3.8, 4) is 11.1 Å². The molecule has 3 nitrogen and oxygen atoms in total. The van der Waals surface area contributed by atoms with Crippen molar-refractivity contribution in [1.82, 2.24) is 15.3 Å². The van der Waals surface area contributed by atoms with Gasteiger partial charge in [0, 0.05) is 30.5 Å². The van der Waals surface area contributed by atoms with Crippen LogP contribution < -0.4 is 5.32 Å². The summed E-state index contributed by atoms with van der Waals surface area (Å²) in [6.45, 7) is 1.10. The zero-order valence-electron chi connectivity index (χ0n) is 8.22. The average molecular weight is 197 g/mol. The minimum absolute atomic E-state index is 0.575. The van der Waals surface area contributed by atoms with Crippen molar-refractivity contribution < 1.29 is 0 Å². The highest BCUT2D eigenvalue weighted by molar-refractivity contribution is 5.61. The number of aromatic nitrogens is 2. The standard InChI is InChI=1S/C12H11N3/c1-3-10(12-7-15-12)4-2-9(1)11-5-13-8-14-6-11/h1-6,8,12,15H,7H2/t12-/m1/s1. The summed E-state index contributed by atoms with van der Waals surface area (Å²) in [6, 6.07) is 9.13. The van der Waals surface area contributed by atoms with Gasteiger partial charge < -0.3 is 5.32 Å². The topological polar surface area (TPSA) is 47.7 Å². The summed E-state index contributed by atoms with van der Waals surface area (Å²) in [4.78, 5) is 8.01. The molecule has 0 bridgehead atoms. The highest BCUT2D eigenvalue weighted by Crippen LogP contribution is 2.24. The van der Waals surface area contributed by atoms with Gasteiger partial charge in [0.05, 0.1) is 0 Å². The van der Waals surface area contributed by atoms with E-state index < -0.39 is 0 Å². The molecule has 74 valence electrons. The summed E-state index contributed by atoms with van der Waals surface area (Å²) in [7, 11) is 0. The van der Waals surface area contributed by atoms with Gasteiger partial charge in [-0.3, -0.25) is 0 Å². The third-order valence-corrected chi connectivity index (χ3v) is 2.62. The lowest BCUT2D eigenvalue weighted by Crippen LogP contribution is -1.85. The van der Waals surface area contributed by atoms with E-state index in [1.165, 1.54) is 11.1 Å². The van der Waals surface area contributed by atoms with E-state index >= 15 is 0 Å². The van der Waals surface area contributed by atoms with Gasteiger partial charge in [0.1, 0.15) is 6.33 Å². The van der Waals surface area contributed by atoms with Crippen LogP contribution in [-0.4, -0.2) is 16.5 Å². The minimum atomic E-state index is 0.575. The van der Waals surface area contributed by atoms with Crippen LogP contribution in [0.4, 0.5) is 0 Å². The van der Waals surface area contributed by atoms with Crippen molar-refractivity contribution in [1.29, 1.82) is 0 Å². The van der Waals surface area contributed by atoms with Crippen LogP contribution in [0, 0.1) is 0 Å². The second-order valence-electron chi connectivity index (χ2n) is 3.71. The molecule has 1 saturated heterocycles. The number of nitrogens with zero attached hydrogens (tertiary/aromatic N) is 2. The van der Waals surface area contributed by atoms with E-state index in [9.17, 15) is 0 Å². The quantitative estimate of drug-likeness (QED) is 0.746. The Labute approximate surface area is 88.2 Å². The predicted molar refractivity (Wildman–Crippen MR) is 58.2 cm³/mol. The summed E-state index contributed by atoms with van der Waals surface area (Å²) in [5.74, 6) is 0. The first-order chi connectivity index (χ1) is 7.43. The molecule has 15 heavy (non-hydrogen) atoms. The predicted octanol–water partition coefficient (Wildman–Crippen LogP) is 1.79. The van der Waals surface area contributed by atoms with E-state index in [4.69, 9.17) is 0 Å². The molecule has 1 atom stereocenters. The first-order valence-electron chi connectivity index (χ1n) is 5.02. The van der Waals surface area contributed by atoms with Gasteiger partial charge in [-0.15, -0.1) is 0 Å². The second-order valence-corrected chi connectivity index (χ2v) is 3.71. The maximum Gasteiger partial charge on any atom is 0.115 e. The fourth-order valence-corrected chi connectivity index (χ4v) is 1.65. The third kappa shape index (κ3) is 1.74. The van der Waals surface area contributed by atoms with Crippen LogP contribution in [0.1, 0.15) is 11.6 Å². The zero-order chi connectivity index (χ0) is 10.1. The number of rotatable bonds is 2. The second kappa shape index (κ2) is 3.44. The molecule has 2 aromatic rings. The van der Waals surface area contributed by atoms with Gasteiger partial charge in [0.15, 0.2) is 0 Å². The van der Waals surface area contributed by atoms with E-state index in [1.54, 1.807) is 6.33 Å². The van der Waals surface area contributed by atoms with Crippen molar-refractivity contribution in [2.75, 3.05) is 6.54 Å². The summed E-state index contributed by atoms with van der Waals surface area (Å²) in [5.41, 5.74) is 3.59. The van der Waals surface area contributed by atoms with Crippen molar-refractivity contribution in [2.45, 2.75) is 6.04 Å². The monoisotopic (exact) mass is 197 g/mol. The Morgan fingerprint density at radius 1 is 1.00 bits per heavy atom. The summed E-state index contributed by atoms with van der Waals surface area (Å²) in [5, 5.41) is 3.29. The van der Waals surface area contributed by atoms with Crippen LogP contribution in [-0.2, 0) is 0 Å². The summed E-state index contributed by atoms with van der Waals surface area (Å²) >= 11 is 0. The molecule has 1 aliphatic rings. The van der Waals surface area contributed by atoms with E-state index in [0.717, 1.165) is 12.1 Å². The van der Waals surface area contributed by atoms with Crippen LogP contribution in [0.5, 0.6) is 0 Å². The molecule has 0 saturated carbocycles. The Kier molecular flexibility index (Phi) is 1.96.